The van der Waals surface area contributed by atoms with Crippen LogP contribution in [0.25, 0.3) is 53.0 Å². The highest BCUT2D eigenvalue weighted by Gasteiger charge is 2.18. The van der Waals surface area contributed by atoms with Crippen LogP contribution in [0.1, 0.15) is 0 Å². The molecule has 100 valence electrons. The number of thiophene rings is 3. The molecule has 0 amide bonds. The number of aromatic nitrogens is 2. The van der Waals surface area contributed by atoms with Gasteiger partial charge in [0.1, 0.15) is 0 Å². The standard InChI is InChI=1S/C16H8N2S3/c1-3-20-15-9(1)17-13-11(15)7-5-19-6-8(7)12-14(13)18-10-2-4-21-16(10)12/h1-6,17-18H. The van der Waals surface area contributed by atoms with E-state index in [1.54, 1.807) is 11.3 Å². The van der Waals surface area contributed by atoms with Crippen LogP contribution in [0.2, 0.25) is 0 Å². The van der Waals surface area contributed by atoms with Crippen molar-refractivity contribution in [3.05, 3.63) is 33.7 Å². The quantitative estimate of drug-likeness (QED) is 0.329. The highest BCUT2D eigenvalue weighted by molar-refractivity contribution is 7.19. The van der Waals surface area contributed by atoms with E-state index < -0.39 is 0 Å². The first-order valence-corrected chi connectivity index (χ1v) is 9.37. The number of hydrogen-bond acceptors (Lipinski definition) is 3. The SMILES string of the molecule is c1cc2[nH]c3c4[nH]c5ccsc5c4c4cscc4c3c2s1. The third-order valence-corrected chi connectivity index (χ3v) is 6.86. The molecular formula is C16H8N2S3. The van der Waals surface area contributed by atoms with Crippen LogP contribution in [-0.2, 0) is 0 Å². The lowest BCUT2D eigenvalue weighted by Crippen LogP contribution is -1.75. The first-order chi connectivity index (χ1) is 10.4. The highest BCUT2D eigenvalue weighted by atomic mass is 32.1. The van der Waals surface area contributed by atoms with Gasteiger partial charge in [0.15, 0.2) is 0 Å². The number of hydrogen-bond donors (Lipinski definition) is 2. The van der Waals surface area contributed by atoms with Crippen molar-refractivity contribution >= 4 is 87.0 Å². The molecule has 0 aliphatic rings. The van der Waals surface area contributed by atoms with E-state index in [1.807, 2.05) is 22.7 Å². The average Bonchev–Trinajstić information content (AvgIpc) is 3.22. The molecule has 0 saturated heterocycles. The summed E-state index contributed by atoms with van der Waals surface area (Å²) in [6.07, 6.45) is 0. The third kappa shape index (κ3) is 1.16. The molecule has 0 atom stereocenters. The van der Waals surface area contributed by atoms with E-state index in [9.17, 15) is 0 Å². The minimum Gasteiger partial charge on any atom is -0.352 e. The topological polar surface area (TPSA) is 31.6 Å². The summed E-state index contributed by atoms with van der Waals surface area (Å²) in [5.74, 6) is 0. The summed E-state index contributed by atoms with van der Waals surface area (Å²) in [5, 5.41) is 14.4. The molecule has 5 heteroatoms. The molecule has 5 heterocycles. The third-order valence-electron chi connectivity index (χ3n) is 4.25. The van der Waals surface area contributed by atoms with Crippen molar-refractivity contribution in [2.24, 2.45) is 0 Å². The molecule has 1 aromatic carbocycles. The van der Waals surface area contributed by atoms with Gasteiger partial charge in [-0.05, 0) is 33.7 Å². The summed E-state index contributed by atoms with van der Waals surface area (Å²) in [5.41, 5.74) is 4.99. The van der Waals surface area contributed by atoms with E-state index in [1.165, 1.54) is 53.0 Å². The Morgan fingerprint density at radius 3 is 1.76 bits per heavy atom. The molecule has 0 unspecified atom stereocenters. The molecule has 6 aromatic rings. The molecule has 5 aromatic heterocycles. The largest absolute Gasteiger partial charge is 0.352 e. The van der Waals surface area contributed by atoms with E-state index in [0.29, 0.717) is 0 Å². The lowest BCUT2D eigenvalue weighted by Gasteiger charge is -1.99. The average molecular weight is 324 g/mol. The van der Waals surface area contributed by atoms with Crippen LogP contribution in [0.5, 0.6) is 0 Å². The van der Waals surface area contributed by atoms with Gasteiger partial charge in [-0.25, -0.2) is 0 Å². The zero-order valence-electron chi connectivity index (χ0n) is 10.7. The van der Waals surface area contributed by atoms with Crippen molar-refractivity contribution in [1.82, 2.24) is 9.97 Å². The summed E-state index contributed by atoms with van der Waals surface area (Å²) >= 11 is 5.44. The second-order valence-electron chi connectivity index (χ2n) is 5.28. The molecule has 0 fully saturated rings. The maximum absolute atomic E-state index is 3.62. The fourth-order valence-corrected chi connectivity index (χ4v) is 6.06. The van der Waals surface area contributed by atoms with Crippen molar-refractivity contribution in [3.8, 4) is 0 Å². The molecular weight excluding hydrogens is 316 g/mol. The minimum atomic E-state index is 1.24. The second kappa shape index (κ2) is 3.50. The predicted molar refractivity (Wildman–Crippen MR) is 96.3 cm³/mol. The number of nitrogens with one attached hydrogen (secondary N) is 2. The molecule has 0 saturated carbocycles. The molecule has 0 bridgehead atoms. The highest BCUT2D eigenvalue weighted by Crippen LogP contribution is 2.45. The van der Waals surface area contributed by atoms with Gasteiger partial charge in [-0.15, -0.1) is 22.7 Å². The predicted octanol–water partition coefficient (Wildman–Crippen LogP) is 6.29. The Labute approximate surface area is 130 Å². The van der Waals surface area contributed by atoms with Gasteiger partial charge in [-0.3, -0.25) is 0 Å². The Bertz CT molecular complexity index is 1190. The van der Waals surface area contributed by atoms with Gasteiger partial charge in [-0.1, -0.05) is 0 Å². The van der Waals surface area contributed by atoms with Crippen LogP contribution in [0.4, 0.5) is 0 Å². The van der Waals surface area contributed by atoms with Gasteiger partial charge in [0, 0.05) is 21.5 Å². The molecule has 2 nitrogen and oxygen atoms in total. The van der Waals surface area contributed by atoms with E-state index in [0.717, 1.165) is 0 Å². The maximum Gasteiger partial charge on any atom is 0.0726 e. The van der Waals surface area contributed by atoms with Crippen LogP contribution < -0.4 is 0 Å². The number of rotatable bonds is 0. The van der Waals surface area contributed by atoms with Crippen LogP contribution in [0.15, 0.2) is 33.7 Å². The Morgan fingerprint density at radius 1 is 0.714 bits per heavy atom. The van der Waals surface area contributed by atoms with Gasteiger partial charge in [-0.2, -0.15) is 11.3 Å². The maximum atomic E-state index is 3.62. The fraction of sp³-hybridized carbons (Fsp3) is 0. The molecule has 0 aliphatic carbocycles. The van der Waals surface area contributed by atoms with E-state index in [2.05, 4.69) is 43.6 Å². The molecule has 0 aliphatic heterocycles. The number of benzene rings is 1. The van der Waals surface area contributed by atoms with Gasteiger partial charge >= 0.3 is 0 Å². The zero-order valence-corrected chi connectivity index (χ0v) is 13.1. The lowest BCUT2D eigenvalue weighted by atomic mass is 10.1. The van der Waals surface area contributed by atoms with Crippen molar-refractivity contribution in [2.75, 3.05) is 0 Å². The molecule has 0 radical (unpaired) electrons. The van der Waals surface area contributed by atoms with Crippen LogP contribution >= 0.6 is 34.0 Å². The molecule has 0 spiro atoms. The Hall–Kier alpha value is -1.82. The fourth-order valence-electron chi connectivity index (χ4n) is 3.40. The number of fused-ring (bicyclic) bond motifs is 10. The molecule has 21 heavy (non-hydrogen) atoms. The van der Waals surface area contributed by atoms with E-state index in [4.69, 9.17) is 0 Å². The normalized spacial score (nSPS) is 12.8. The van der Waals surface area contributed by atoms with Gasteiger partial charge in [0.25, 0.3) is 0 Å². The summed E-state index contributed by atoms with van der Waals surface area (Å²) in [7, 11) is 0. The van der Waals surface area contributed by atoms with Crippen LogP contribution in [0.3, 0.4) is 0 Å². The molecule has 6 rings (SSSR count). The first-order valence-electron chi connectivity index (χ1n) is 6.67. The van der Waals surface area contributed by atoms with Crippen molar-refractivity contribution < 1.29 is 0 Å². The second-order valence-corrected chi connectivity index (χ2v) is 7.85. The zero-order chi connectivity index (χ0) is 13.6. The van der Waals surface area contributed by atoms with Gasteiger partial charge in [0.2, 0.25) is 0 Å². The van der Waals surface area contributed by atoms with Crippen LogP contribution in [-0.4, -0.2) is 9.97 Å². The Morgan fingerprint density at radius 2 is 1.24 bits per heavy atom. The first kappa shape index (κ1) is 10.8. The van der Waals surface area contributed by atoms with Crippen molar-refractivity contribution in [2.45, 2.75) is 0 Å². The molecule has 2 N–H and O–H groups in total. The minimum absolute atomic E-state index is 1.24. The van der Waals surface area contributed by atoms with Crippen LogP contribution in [0, 0.1) is 0 Å². The van der Waals surface area contributed by atoms with Crippen molar-refractivity contribution in [1.29, 1.82) is 0 Å². The van der Waals surface area contributed by atoms with E-state index >= 15 is 0 Å². The smallest absolute Gasteiger partial charge is 0.0726 e. The lowest BCUT2D eigenvalue weighted by molar-refractivity contribution is 1.52. The summed E-state index contributed by atoms with van der Waals surface area (Å²) < 4.78 is 2.74. The van der Waals surface area contributed by atoms with Crippen molar-refractivity contribution in [3.63, 3.8) is 0 Å². The number of H-pyrrole nitrogens is 2. The Kier molecular flexibility index (Phi) is 1.80. The summed E-state index contributed by atoms with van der Waals surface area (Å²) in [4.78, 5) is 7.24. The summed E-state index contributed by atoms with van der Waals surface area (Å²) in [6.45, 7) is 0. The Balaban J connectivity index is 2.12. The van der Waals surface area contributed by atoms with Gasteiger partial charge < -0.3 is 9.97 Å². The van der Waals surface area contributed by atoms with Gasteiger partial charge in [0.05, 0.1) is 31.5 Å². The summed E-state index contributed by atoms with van der Waals surface area (Å²) in [6, 6.07) is 4.35. The monoisotopic (exact) mass is 324 g/mol. The number of aromatic amines is 2. The van der Waals surface area contributed by atoms with E-state index in [-0.39, 0.29) is 0 Å².